The number of nitrogens with one attached hydrogen (secondary N) is 2. The van der Waals surface area contributed by atoms with E-state index in [1.54, 1.807) is 29.8 Å². The summed E-state index contributed by atoms with van der Waals surface area (Å²) in [5, 5.41) is 8.07. The molecule has 2 aromatic rings. The maximum absolute atomic E-state index is 12.1. The highest BCUT2D eigenvalue weighted by Crippen LogP contribution is 2.23. The second-order valence-corrected chi connectivity index (χ2v) is 5.77. The van der Waals surface area contributed by atoms with E-state index in [1.807, 2.05) is 4.90 Å². The molecule has 0 aliphatic carbocycles. The van der Waals surface area contributed by atoms with E-state index in [-0.39, 0.29) is 6.03 Å². The molecule has 7 heteroatoms. The van der Waals surface area contributed by atoms with Gasteiger partial charge in [0.25, 0.3) is 0 Å². The minimum absolute atomic E-state index is 0.0115. The monoisotopic (exact) mass is 303 g/mol. The first-order valence-electron chi connectivity index (χ1n) is 6.92. The van der Waals surface area contributed by atoms with Crippen molar-refractivity contribution >= 4 is 23.3 Å². The molecule has 0 saturated heterocycles. The van der Waals surface area contributed by atoms with E-state index in [9.17, 15) is 4.79 Å². The number of anilines is 1. The largest absolute Gasteiger partial charge is 0.352 e. The highest BCUT2D eigenvalue weighted by atomic mass is 32.1. The molecule has 0 fully saturated rings. The van der Waals surface area contributed by atoms with Gasteiger partial charge in [-0.1, -0.05) is 0 Å². The Hall–Kier alpha value is -2.15. The molecular formula is C14H17N5OS. The predicted octanol–water partition coefficient (Wildman–Crippen LogP) is 1.72. The van der Waals surface area contributed by atoms with Crippen LogP contribution >= 0.6 is 11.3 Å². The number of hydrogen-bond acceptors (Lipinski definition) is 5. The zero-order valence-electron chi connectivity index (χ0n) is 11.6. The summed E-state index contributed by atoms with van der Waals surface area (Å²) >= 11 is 1.78. The Morgan fingerprint density at radius 3 is 3.05 bits per heavy atom. The Balaban J connectivity index is 1.41. The number of amides is 2. The van der Waals surface area contributed by atoms with Crippen LogP contribution < -0.4 is 10.6 Å². The van der Waals surface area contributed by atoms with Crippen LogP contribution in [0.4, 0.5) is 10.7 Å². The van der Waals surface area contributed by atoms with Crippen molar-refractivity contribution < 1.29 is 4.79 Å². The van der Waals surface area contributed by atoms with Crippen molar-refractivity contribution in [2.75, 3.05) is 25.0 Å². The van der Waals surface area contributed by atoms with Crippen molar-refractivity contribution in [3.63, 3.8) is 0 Å². The molecule has 0 aromatic carbocycles. The van der Waals surface area contributed by atoms with Crippen LogP contribution in [0.3, 0.4) is 0 Å². The lowest BCUT2D eigenvalue weighted by molar-refractivity contribution is 0.193. The molecule has 6 nitrogen and oxygen atoms in total. The van der Waals surface area contributed by atoms with Gasteiger partial charge in [0.05, 0.1) is 0 Å². The van der Waals surface area contributed by atoms with Gasteiger partial charge in [0.2, 0.25) is 5.95 Å². The van der Waals surface area contributed by atoms with Gasteiger partial charge >= 0.3 is 6.03 Å². The highest BCUT2D eigenvalue weighted by Gasteiger charge is 2.20. The third kappa shape index (κ3) is 3.49. The molecule has 0 saturated carbocycles. The van der Waals surface area contributed by atoms with E-state index in [0.717, 1.165) is 13.0 Å². The average Bonchev–Trinajstić information content (AvgIpc) is 3.00. The normalized spacial score (nSPS) is 13.6. The molecule has 2 aromatic heterocycles. The smallest absolute Gasteiger partial charge is 0.317 e. The van der Waals surface area contributed by atoms with E-state index in [0.29, 0.717) is 25.6 Å². The number of carbonyl (C=O) groups excluding carboxylic acids is 1. The quantitative estimate of drug-likeness (QED) is 0.844. The van der Waals surface area contributed by atoms with Crippen LogP contribution in [0.2, 0.25) is 0 Å². The summed E-state index contributed by atoms with van der Waals surface area (Å²) in [7, 11) is 0. The molecule has 3 rings (SSSR count). The van der Waals surface area contributed by atoms with Gasteiger partial charge in [-0.15, -0.1) is 11.3 Å². The molecule has 1 aliphatic rings. The average molecular weight is 303 g/mol. The Labute approximate surface area is 127 Å². The minimum Gasteiger partial charge on any atom is -0.352 e. The summed E-state index contributed by atoms with van der Waals surface area (Å²) in [4.78, 5) is 23.5. The van der Waals surface area contributed by atoms with Crippen molar-refractivity contribution in [3.05, 3.63) is 40.3 Å². The number of carbonyl (C=O) groups is 1. The first kappa shape index (κ1) is 13.8. The fourth-order valence-corrected chi connectivity index (χ4v) is 3.16. The SMILES string of the molecule is O=C(NCCNc1ncccn1)N1CCc2sccc2C1. The maximum atomic E-state index is 12.1. The van der Waals surface area contributed by atoms with E-state index in [4.69, 9.17) is 0 Å². The molecule has 3 heterocycles. The fraction of sp³-hybridized carbons (Fsp3) is 0.357. The number of rotatable bonds is 4. The van der Waals surface area contributed by atoms with Crippen molar-refractivity contribution in [2.45, 2.75) is 13.0 Å². The van der Waals surface area contributed by atoms with Crippen LogP contribution in [-0.2, 0) is 13.0 Å². The lowest BCUT2D eigenvalue weighted by atomic mass is 10.1. The van der Waals surface area contributed by atoms with Gasteiger partial charge in [-0.3, -0.25) is 0 Å². The summed E-state index contributed by atoms with van der Waals surface area (Å²) in [6, 6.07) is 3.86. The van der Waals surface area contributed by atoms with Gasteiger partial charge < -0.3 is 15.5 Å². The molecule has 21 heavy (non-hydrogen) atoms. The second kappa shape index (κ2) is 6.53. The van der Waals surface area contributed by atoms with Gasteiger partial charge in [0.1, 0.15) is 0 Å². The zero-order valence-corrected chi connectivity index (χ0v) is 12.4. The molecule has 0 spiro atoms. The van der Waals surface area contributed by atoms with E-state index in [1.165, 1.54) is 10.4 Å². The Morgan fingerprint density at radius 1 is 1.33 bits per heavy atom. The lowest BCUT2D eigenvalue weighted by Crippen LogP contribution is -2.43. The topological polar surface area (TPSA) is 70.1 Å². The number of thiophene rings is 1. The zero-order chi connectivity index (χ0) is 14.5. The molecule has 0 radical (unpaired) electrons. The summed E-state index contributed by atoms with van der Waals surface area (Å²) in [6.07, 6.45) is 4.32. The van der Waals surface area contributed by atoms with E-state index < -0.39 is 0 Å². The summed E-state index contributed by atoms with van der Waals surface area (Å²) < 4.78 is 0. The Morgan fingerprint density at radius 2 is 2.19 bits per heavy atom. The van der Waals surface area contributed by atoms with Gasteiger partial charge in [-0.25, -0.2) is 14.8 Å². The van der Waals surface area contributed by atoms with Crippen molar-refractivity contribution in [2.24, 2.45) is 0 Å². The van der Waals surface area contributed by atoms with E-state index in [2.05, 4.69) is 32.0 Å². The number of nitrogens with zero attached hydrogens (tertiary/aromatic N) is 3. The molecule has 2 amide bonds. The molecule has 0 unspecified atom stereocenters. The van der Waals surface area contributed by atoms with Crippen LogP contribution in [0.1, 0.15) is 10.4 Å². The molecule has 0 bridgehead atoms. The van der Waals surface area contributed by atoms with Crippen molar-refractivity contribution in [3.8, 4) is 0 Å². The summed E-state index contributed by atoms with van der Waals surface area (Å²) in [5.41, 5.74) is 1.28. The van der Waals surface area contributed by atoms with Crippen LogP contribution in [0.25, 0.3) is 0 Å². The van der Waals surface area contributed by atoms with Crippen LogP contribution in [0.15, 0.2) is 29.9 Å². The van der Waals surface area contributed by atoms with Crippen molar-refractivity contribution in [1.29, 1.82) is 0 Å². The number of aromatic nitrogens is 2. The second-order valence-electron chi connectivity index (χ2n) is 4.77. The van der Waals surface area contributed by atoms with Gasteiger partial charge in [-0.2, -0.15) is 0 Å². The van der Waals surface area contributed by atoms with E-state index >= 15 is 0 Å². The molecule has 1 aliphatic heterocycles. The highest BCUT2D eigenvalue weighted by molar-refractivity contribution is 7.10. The number of fused-ring (bicyclic) bond motifs is 1. The maximum Gasteiger partial charge on any atom is 0.317 e. The summed E-state index contributed by atoms with van der Waals surface area (Å²) in [6.45, 7) is 2.64. The van der Waals surface area contributed by atoms with Gasteiger partial charge in [0.15, 0.2) is 0 Å². The minimum atomic E-state index is -0.0115. The lowest BCUT2D eigenvalue weighted by Gasteiger charge is -2.27. The van der Waals surface area contributed by atoms with Crippen LogP contribution in [-0.4, -0.2) is 40.5 Å². The van der Waals surface area contributed by atoms with Crippen LogP contribution in [0, 0.1) is 0 Å². The third-order valence-electron chi connectivity index (χ3n) is 3.34. The van der Waals surface area contributed by atoms with Crippen LogP contribution in [0.5, 0.6) is 0 Å². The first-order valence-corrected chi connectivity index (χ1v) is 7.80. The predicted molar refractivity (Wildman–Crippen MR) is 82.4 cm³/mol. The molecule has 2 N–H and O–H groups in total. The molecular weight excluding hydrogens is 286 g/mol. The number of urea groups is 1. The molecule has 0 atom stereocenters. The first-order chi connectivity index (χ1) is 10.3. The third-order valence-corrected chi connectivity index (χ3v) is 4.37. The number of hydrogen-bond donors (Lipinski definition) is 2. The summed E-state index contributed by atoms with van der Waals surface area (Å²) in [5.74, 6) is 0.577. The standard InChI is InChI=1S/C14H17N5OS/c20-14(18-7-6-17-13-15-4-1-5-16-13)19-8-2-12-11(10-19)3-9-21-12/h1,3-5,9H,2,6-8,10H2,(H,18,20)(H,15,16,17). The molecule has 110 valence electrons. The fourth-order valence-electron chi connectivity index (χ4n) is 2.27. The van der Waals surface area contributed by atoms with Crippen molar-refractivity contribution in [1.82, 2.24) is 20.2 Å². The Kier molecular flexibility index (Phi) is 4.30. The van der Waals surface area contributed by atoms with Gasteiger partial charge in [0, 0.05) is 43.4 Å². The van der Waals surface area contributed by atoms with Gasteiger partial charge in [-0.05, 0) is 29.5 Å². The Bertz CT molecular complexity index is 600.